The fourth-order valence-electron chi connectivity index (χ4n) is 3.31. The maximum absolute atomic E-state index is 12.4. The normalized spacial score (nSPS) is 14.2. The van der Waals surface area contributed by atoms with Gasteiger partial charge in [-0.3, -0.25) is 4.79 Å². The van der Waals surface area contributed by atoms with E-state index in [9.17, 15) is 4.79 Å². The summed E-state index contributed by atoms with van der Waals surface area (Å²) in [6, 6.07) is 11.7. The second-order valence-corrected chi connectivity index (χ2v) is 8.89. The number of rotatable bonds is 8. The molecule has 0 saturated heterocycles. The highest BCUT2D eigenvalue weighted by Gasteiger charge is 2.19. The smallest absolute Gasteiger partial charge is 0.260 e. The number of fused-ring (bicyclic) bond motifs is 1. The molecule has 28 heavy (non-hydrogen) atoms. The summed E-state index contributed by atoms with van der Waals surface area (Å²) in [5.74, 6) is 2.36. The third-order valence-electron chi connectivity index (χ3n) is 4.84. The number of benzene rings is 2. The molecule has 1 aliphatic carbocycles. The predicted octanol–water partition coefficient (Wildman–Crippen LogP) is 5.69. The first-order chi connectivity index (χ1) is 13.5. The van der Waals surface area contributed by atoms with E-state index in [1.807, 2.05) is 24.3 Å². The molecule has 0 radical (unpaired) electrons. The van der Waals surface area contributed by atoms with Gasteiger partial charge >= 0.3 is 0 Å². The number of amides is 1. The Hall–Kier alpha value is -1.36. The van der Waals surface area contributed by atoms with Crippen LogP contribution in [0, 0.1) is 0 Å². The lowest BCUT2D eigenvalue weighted by Crippen LogP contribution is -2.37. The van der Waals surface area contributed by atoms with Gasteiger partial charge in [0.2, 0.25) is 0 Å². The third-order valence-corrected chi connectivity index (χ3v) is 6.44. The number of ether oxygens (including phenoxy) is 1. The second-order valence-electron chi connectivity index (χ2n) is 6.94. The van der Waals surface area contributed by atoms with Gasteiger partial charge in [-0.05, 0) is 67.5 Å². The Morgan fingerprint density at radius 1 is 1.21 bits per heavy atom. The molecular weight excluding hydrogens is 413 g/mol. The Bertz CT molecular complexity index is 828. The van der Waals surface area contributed by atoms with Crippen LogP contribution in [-0.4, -0.2) is 24.3 Å². The first kappa shape index (κ1) is 21.4. The van der Waals surface area contributed by atoms with E-state index in [4.69, 9.17) is 27.9 Å². The van der Waals surface area contributed by atoms with Crippen LogP contribution in [0.3, 0.4) is 0 Å². The minimum Gasteiger partial charge on any atom is -0.481 e. The molecule has 0 unspecified atom stereocenters. The molecule has 1 N–H and O–H groups in total. The fourth-order valence-corrected chi connectivity index (χ4v) is 4.73. The van der Waals surface area contributed by atoms with Crippen molar-refractivity contribution in [2.75, 3.05) is 12.3 Å². The van der Waals surface area contributed by atoms with Crippen molar-refractivity contribution in [1.82, 2.24) is 5.32 Å². The van der Waals surface area contributed by atoms with Crippen LogP contribution >= 0.6 is 35.0 Å². The van der Waals surface area contributed by atoms with Crippen LogP contribution in [-0.2, 0) is 23.4 Å². The molecule has 150 valence electrons. The van der Waals surface area contributed by atoms with Crippen LogP contribution in [0.15, 0.2) is 36.4 Å². The lowest BCUT2D eigenvalue weighted by atomic mass is 9.91. The molecule has 0 aromatic heterocycles. The summed E-state index contributed by atoms with van der Waals surface area (Å²) in [5.41, 5.74) is 3.67. The van der Waals surface area contributed by atoms with Crippen molar-refractivity contribution in [2.24, 2.45) is 0 Å². The molecule has 0 bridgehead atoms. The van der Waals surface area contributed by atoms with E-state index in [1.165, 1.54) is 24.0 Å². The Morgan fingerprint density at radius 2 is 2.04 bits per heavy atom. The van der Waals surface area contributed by atoms with Gasteiger partial charge in [-0.25, -0.2) is 0 Å². The van der Waals surface area contributed by atoms with Crippen molar-refractivity contribution >= 4 is 40.9 Å². The van der Waals surface area contributed by atoms with Crippen LogP contribution < -0.4 is 10.1 Å². The number of thioether (sulfide) groups is 1. The minimum atomic E-state index is -0.510. The Labute approximate surface area is 181 Å². The molecule has 2 aromatic carbocycles. The quantitative estimate of drug-likeness (QED) is 0.538. The number of carbonyl (C=O) groups is 1. The lowest BCUT2D eigenvalue weighted by Gasteiger charge is -2.22. The third kappa shape index (κ3) is 5.82. The molecule has 1 aliphatic rings. The van der Waals surface area contributed by atoms with Gasteiger partial charge in [0.05, 0.1) is 0 Å². The molecule has 0 fully saturated rings. The van der Waals surface area contributed by atoms with Gasteiger partial charge in [-0.15, -0.1) is 0 Å². The molecule has 0 spiro atoms. The standard InChI is InChI=1S/C22H25Cl2NO2S/c1-15(27-21-8-4-6-16-5-2-3-7-19(16)21)22(26)25-11-12-28-14-17-9-10-18(23)13-20(17)24/h4,6,8-10,13,15H,2-3,5,7,11-12,14H2,1H3,(H,25,26)/t15-/m0/s1. The van der Waals surface area contributed by atoms with Crippen LogP contribution in [0.2, 0.25) is 10.0 Å². The highest BCUT2D eigenvalue weighted by molar-refractivity contribution is 7.98. The lowest BCUT2D eigenvalue weighted by molar-refractivity contribution is -0.127. The largest absolute Gasteiger partial charge is 0.481 e. The van der Waals surface area contributed by atoms with Gasteiger partial charge in [0, 0.05) is 28.1 Å². The summed E-state index contributed by atoms with van der Waals surface area (Å²) >= 11 is 13.8. The fraction of sp³-hybridized carbons (Fsp3) is 0.409. The SMILES string of the molecule is C[C@H](Oc1cccc2c1CCCC2)C(=O)NCCSCc1ccc(Cl)cc1Cl. The monoisotopic (exact) mass is 437 g/mol. The van der Waals surface area contributed by atoms with E-state index in [0.717, 1.165) is 35.7 Å². The van der Waals surface area contributed by atoms with Gasteiger partial charge < -0.3 is 10.1 Å². The first-order valence-corrected chi connectivity index (χ1v) is 11.5. The highest BCUT2D eigenvalue weighted by Crippen LogP contribution is 2.30. The van der Waals surface area contributed by atoms with E-state index in [0.29, 0.717) is 16.6 Å². The number of halogens is 2. The zero-order chi connectivity index (χ0) is 19.9. The number of hydrogen-bond donors (Lipinski definition) is 1. The summed E-state index contributed by atoms with van der Waals surface area (Å²) in [6.07, 6.45) is 4.03. The summed E-state index contributed by atoms with van der Waals surface area (Å²) in [4.78, 5) is 12.4. The van der Waals surface area contributed by atoms with Crippen LogP contribution in [0.25, 0.3) is 0 Å². The van der Waals surface area contributed by atoms with Gasteiger partial charge in [0.15, 0.2) is 6.10 Å². The van der Waals surface area contributed by atoms with Crippen LogP contribution in [0.1, 0.15) is 36.5 Å². The van der Waals surface area contributed by atoms with Crippen molar-refractivity contribution < 1.29 is 9.53 Å². The highest BCUT2D eigenvalue weighted by atomic mass is 35.5. The molecule has 0 aliphatic heterocycles. The minimum absolute atomic E-state index is 0.0847. The molecular formula is C22H25Cl2NO2S. The van der Waals surface area contributed by atoms with Gasteiger partial charge in [0.1, 0.15) is 5.75 Å². The Morgan fingerprint density at radius 3 is 2.86 bits per heavy atom. The van der Waals surface area contributed by atoms with E-state index in [2.05, 4.69) is 11.4 Å². The molecule has 1 amide bonds. The van der Waals surface area contributed by atoms with E-state index < -0.39 is 6.10 Å². The maximum atomic E-state index is 12.4. The first-order valence-electron chi connectivity index (χ1n) is 9.61. The van der Waals surface area contributed by atoms with Gasteiger partial charge in [0.25, 0.3) is 5.91 Å². The summed E-state index contributed by atoms with van der Waals surface area (Å²) < 4.78 is 5.98. The second kappa shape index (κ2) is 10.4. The topological polar surface area (TPSA) is 38.3 Å². The van der Waals surface area contributed by atoms with Gasteiger partial charge in [-0.1, -0.05) is 41.4 Å². The maximum Gasteiger partial charge on any atom is 0.260 e. The zero-order valence-corrected chi connectivity index (χ0v) is 18.3. The summed E-state index contributed by atoms with van der Waals surface area (Å²) in [7, 11) is 0. The summed E-state index contributed by atoms with van der Waals surface area (Å²) in [5, 5.41) is 4.27. The number of carbonyl (C=O) groups excluding carboxylic acids is 1. The van der Waals surface area contributed by atoms with Crippen molar-refractivity contribution in [3.05, 3.63) is 63.1 Å². The van der Waals surface area contributed by atoms with E-state index >= 15 is 0 Å². The van der Waals surface area contributed by atoms with Crippen molar-refractivity contribution in [3.63, 3.8) is 0 Å². The summed E-state index contributed by atoms with van der Waals surface area (Å²) in [6.45, 7) is 2.40. The Balaban J connectivity index is 1.41. The molecule has 0 saturated carbocycles. The van der Waals surface area contributed by atoms with E-state index in [-0.39, 0.29) is 5.91 Å². The van der Waals surface area contributed by atoms with Crippen molar-refractivity contribution in [3.8, 4) is 5.75 Å². The van der Waals surface area contributed by atoms with Crippen LogP contribution in [0.5, 0.6) is 5.75 Å². The zero-order valence-electron chi connectivity index (χ0n) is 16.0. The number of nitrogens with one attached hydrogen (secondary N) is 1. The predicted molar refractivity (Wildman–Crippen MR) is 119 cm³/mol. The van der Waals surface area contributed by atoms with E-state index in [1.54, 1.807) is 24.8 Å². The number of aryl methyl sites for hydroxylation is 1. The van der Waals surface area contributed by atoms with Crippen molar-refractivity contribution in [1.29, 1.82) is 0 Å². The molecule has 3 nitrogen and oxygen atoms in total. The van der Waals surface area contributed by atoms with Gasteiger partial charge in [-0.2, -0.15) is 11.8 Å². The molecule has 6 heteroatoms. The molecule has 1 atom stereocenters. The van der Waals surface area contributed by atoms with Crippen molar-refractivity contribution in [2.45, 2.75) is 44.5 Å². The average Bonchev–Trinajstić information content (AvgIpc) is 2.69. The Kier molecular flexibility index (Phi) is 7.95. The molecule has 0 heterocycles. The molecule has 2 aromatic rings. The molecule has 3 rings (SSSR count). The number of hydrogen-bond acceptors (Lipinski definition) is 3. The van der Waals surface area contributed by atoms with Crippen LogP contribution in [0.4, 0.5) is 0 Å². The average molecular weight is 438 g/mol.